The Labute approximate surface area is 248 Å². The molecular weight excluding hydrogens is 572 g/mol. The van der Waals surface area contributed by atoms with Crippen molar-refractivity contribution in [3.05, 3.63) is 0 Å². The number of aliphatic hydroxyl groups excluding tert-OH is 2. The Hall–Kier alpha value is -3.83. The van der Waals surface area contributed by atoms with E-state index in [1.807, 2.05) is 0 Å². The predicted octanol–water partition coefficient (Wildman–Crippen LogP) is -3.37. The molecule has 1 aliphatic rings. The molecule has 43 heavy (non-hydrogen) atoms. The van der Waals surface area contributed by atoms with Crippen LogP contribution in [0, 0.1) is 5.92 Å². The molecule has 8 atom stereocenters. The standard InChI is InChI=1S/C26H44N6O11/c1-5-12(2)19(24(39)32-10-6-7-17(32)26(42)43)31-22(37)16(11-33)29-21(36)13(3)28-23(38)20(14(4)34)30-18(35)9-8-15(27)25(40)41/h12-17,19-20,33-34H,5-11,27H2,1-4H3,(H,28,38)(H,29,36)(H,30,35)(H,31,37)(H,40,41)(H,42,43)/t12-,13-,14+,15-,16-,17-,19-,20-/m0/s1. The Kier molecular flexibility index (Phi) is 15.0. The number of nitrogens with one attached hydrogen (secondary N) is 4. The van der Waals surface area contributed by atoms with E-state index in [0.717, 1.165) is 0 Å². The fourth-order valence-corrected chi connectivity index (χ4v) is 4.32. The molecule has 0 saturated carbocycles. The molecule has 0 bridgehead atoms. The van der Waals surface area contributed by atoms with Gasteiger partial charge in [-0.25, -0.2) is 4.79 Å². The van der Waals surface area contributed by atoms with Crippen molar-refractivity contribution in [2.45, 2.75) is 102 Å². The van der Waals surface area contributed by atoms with Gasteiger partial charge in [-0.05, 0) is 39.0 Å². The van der Waals surface area contributed by atoms with Crippen molar-refractivity contribution in [2.75, 3.05) is 13.2 Å². The lowest BCUT2D eigenvalue weighted by atomic mass is 9.97. The van der Waals surface area contributed by atoms with Crippen LogP contribution in [0.25, 0.3) is 0 Å². The van der Waals surface area contributed by atoms with Crippen molar-refractivity contribution >= 4 is 41.5 Å². The third-order valence-corrected chi connectivity index (χ3v) is 7.25. The summed E-state index contributed by atoms with van der Waals surface area (Å²) in [6, 6.07) is -7.81. The second-order valence-corrected chi connectivity index (χ2v) is 10.6. The quantitative estimate of drug-likeness (QED) is 0.0774. The molecule has 0 aromatic carbocycles. The molecule has 1 rings (SSSR count). The van der Waals surface area contributed by atoms with Crippen molar-refractivity contribution in [2.24, 2.45) is 11.7 Å². The molecule has 0 radical (unpaired) electrons. The van der Waals surface area contributed by atoms with Crippen LogP contribution in [0.5, 0.6) is 0 Å². The van der Waals surface area contributed by atoms with Gasteiger partial charge in [0.25, 0.3) is 0 Å². The molecule has 244 valence electrons. The number of aliphatic hydroxyl groups is 2. The minimum Gasteiger partial charge on any atom is -0.480 e. The molecule has 0 unspecified atom stereocenters. The Morgan fingerprint density at radius 2 is 1.53 bits per heavy atom. The highest BCUT2D eigenvalue weighted by molar-refractivity contribution is 5.96. The van der Waals surface area contributed by atoms with E-state index in [2.05, 4.69) is 21.3 Å². The monoisotopic (exact) mass is 616 g/mol. The number of amides is 5. The number of aliphatic carboxylic acids is 2. The minimum atomic E-state index is -1.54. The van der Waals surface area contributed by atoms with E-state index in [9.17, 15) is 48.9 Å². The normalized spacial score (nSPS) is 19.5. The SMILES string of the molecule is CC[C@H](C)[C@H](NC(=O)[C@H](CO)NC(=O)[C@H](C)NC(=O)[C@@H](NC(=O)CC[C@H](N)C(=O)O)[C@@H](C)O)C(=O)N1CCC[C@H]1C(=O)O. The van der Waals surface area contributed by atoms with Crippen LogP contribution in [-0.4, -0.2) is 122 Å². The van der Waals surface area contributed by atoms with Crippen molar-refractivity contribution < 1.29 is 54.0 Å². The van der Waals surface area contributed by atoms with Crippen molar-refractivity contribution in [1.29, 1.82) is 0 Å². The van der Waals surface area contributed by atoms with Gasteiger partial charge in [0, 0.05) is 13.0 Å². The lowest BCUT2D eigenvalue weighted by Gasteiger charge is -2.31. The van der Waals surface area contributed by atoms with Gasteiger partial charge in [0.1, 0.15) is 36.3 Å². The molecule has 1 heterocycles. The average molecular weight is 617 g/mol. The topological polar surface area (TPSA) is 278 Å². The second kappa shape index (κ2) is 17.3. The molecule has 0 aliphatic carbocycles. The predicted molar refractivity (Wildman–Crippen MR) is 149 cm³/mol. The highest BCUT2D eigenvalue weighted by Gasteiger charge is 2.40. The summed E-state index contributed by atoms with van der Waals surface area (Å²) in [6.07, 6.45) is -0.757. The Bertz CT molecular complexity index is 1040. The third-order valence-electron chi connectivity index (χ3n) is 7.25. The zero-order valence-electron chi connectivity index (χ0n) is 24.7. The minimum absolute atomic E-state index is 0.208. The fraction of sp³-hybridized carbons (Fsp3) is 0.731. The zero-order valence-corrected chi connectivity index (χ0v) is 24.7. The molecule has 1 saturated heterocycles. The molecule has 1 aliphatic heterocycles. The van der Waals surface area contributed by atoms with Crippen LogP contribution in [0.4, 0.5) is 0 Å². The maximum absolute atomic E-state index is 13.2. The van der Waals surface area contributed by atoms with Gasteiger partial charge in [-0.3, -0.25) is 28.8 Å². The van der Waals surface area contributed by atoms with Crippen LogP contribution in [0.3, 0.4) is 0 Å². The van der Waals surface area contributed by atoms with E-state index in [1.165, 1.54) is 18.7 Å². The number of carboxylic acid groups (broad SMARTS) is 2. The number of nitrogens with two attached hydrogens (primary N) is 1. The summed E-state index contributed by atoms with van der Waals surface area (Å²) in [7, 11) is 0. The number of carbonyl (C=O) groups is 7. The largest absolute Gasteiger partial charge is 0.480 e. The van der Waals surface area contributed by atoms with Crippen molar-refractivity contribution in [3.8, 4) is 0 Å². The molecular formula is C26H44N6O11. The molecule has 0 aromatic heterocycles. The summed E-state index contributed by atoms with van der Waals surface area (Å²) in [5.41, 5.74) is 5.36. The van der Waals surface area contributed by atoms with Crippen LogP contribution in [0.15, 0.2) is 0 Å². The van der Waals surface area contributed by atoms with Gasteiger partial charge in [0.15, 0.2) is 0 Å². The Morgan fingerprint density at radius 3 is 2.05 bits per heavy atom. The maximum Gasteiger partial charge on any atom is 0.326 e. The Balaban J connectivity index is 2.86. The lowest BCUT2D eigenvalue weighted by Crippen LogP contribution is -2.60. The van der Waals surface area contributed by atoms with Crippen LogP contribution < -0.4 is 27.0 Å². The highest BCUT2D eigenvalue weighted by atomic mass is 16.4. The number of hydrogen-bond acceptors (Lipinski definition) is 10. The van der Waals surface area contributed by atoms with Crippen molar-refractivity contribution in [3.63, 3.8) is 0 Å². The van der Waals surface area contributed by atoms with Crippen LogP contribution in [0.2, 0.25) is 0 Å². The molecule has 1 fully saturated rings. The number of carbonyl (C=O) groups excluding carboxylic acids is 5. The van der Waals surface area contributed by atoms with E-state index in [-0.39, 0.29) is 25.8 Å². The Morgan fingerprint density at radius 1 is 0.907 bits per heavy atom. The van der Waals surface area contributed by atoms with Gasteiger partial charge in [-0.2, -0.15) is 0 Å². The molecule has 10 N–H and O–H groups in total. The van der Waals surface area contributed by atoms with E-state index in [4.69, 9.17) is 10.8 Å². The van der Waals surface area contributed by atoms with E-state index >= 15 is 0 Å². The molecule has 17 heteroatoms. The maximum atomic E-state index is 13.2. The number of rotatable bonds is 17. The number of hydrogen-bond donors (Lipinski definition) is 9. The van der Waals surface area contributed by atoms with Gasteiger partial charge >= 0.3 is 11.9 Å². The number of carboxylic acids is 2. The average Bonchev–Trinajstić information content (AvgIpc) is 3.45. The molecule has 0 aromatic rings. The van der Waals surface area contributed by atoms with E-state index in [0.29, 0.717) is 12.8 Å². The molecule has 5 amide bonds. The number of likely N-dealkylation sites (tertiary alicyclic amines) is 1. The van der Waals surface area contributed by atoms with Crippen LogP contribution in [0.1, 0.15) is 59.8 Å². The smallest absolute Gasteiger partial charge is 0.326 e. The summed E-state index contributed by atoms with van der Waals surface area (Å²) in [5.74, 6) is -7.01. The third kappa shape index (κ3) is 11.1. The summed E-state index contributed by atoms with van der Waals surface area (Å²) >= 11 is 0. The summed E-state index contributed by atoms with van der Waals surface area (Å²) < 4.78 is 0. The van der Waals surface area contributed by atoms with Gasteiger partial charge < -0.3 is 52.3 Å². The van der Waals surface area contributed by atoms with E-state index in [1.54, 1.807) is 13.8 Å². The second-order valence-electron chi connectivity index (χ2n) is 10.6. The highest BCUT2D eigenvalue weighted by Crippen LogP contribution is 2.21. The fourth-order valence-electron chi connectivity index (χ4n) is 4.32. The lowest BCUT2D eigenvalue weighted by molar-refractivity contribution is -0.150. The first kappa shape index (κ1) is 37.2. The first-order valence-electron chi connectivity index (χ1n) is 14.1. The summed E-state index contributed by atoms with van der Waals surface area (Å²) in [6.45, 7) is 5.26. The van der Waals surface area contributed by atoms with E-state index < -0.39 is 96.4 Å². The van der Waals surface area contributed by atoms with Gasteiger partial charge in [0.05, 0.1) is 12.7 Å². The van der Waals surface area contributed by atoms with Crippen LogP contribution in [-0.2, 0) is 33.6 Å². The zero-order chi connectivity index (χ0) is 33.0. The molecule has 0 spiro atoms. The number of nitrogens with zero attached hydrogens (tertiary/aromatic N) is 1. The first-order valence-corrected chi connectivity index (χ1v) is 14.1. The van der Waals surface area contributed by atoms with Gasteiger partial charge in [0.2, 0.25) is 29.5 Å². The van der Waals surface area contributed by atoms with Crippen molar-refractivity contribution in [1.82, 2.24) is 26.2 Å². The van der Waals surface area contributed by atoms with Gasteiger partial charge in [-0.15, -0.1) is 0 Å². The first-order chi connectivity index (χ1) is 20.0. The van der Waals surface area contributed by atoms with Gasteiger partial charge in [-0.1, -0.05) is 20.3 Å². The van der Waals surface area contributed by atoms with Crippen LogP contribution >= 0.6 is 0 Å². The summed E-state index contributed by atoms with van der Waals surface area (Å²) in [4.78, 5) is 87.4. The molecule has 17 nitrogen and oxygen atoms in total. The summed E-state index contributed by atoms with van der Waals surface area (Å²) in [5, 5.41) is 47.4.